The molecule has 0 fully saturated rings. The second-order valence-electron chi connectivity index (χ2n) is 4.72. The number of aromatic nitrogens is 1. The molecule has 21 heavy (non-hydrogen) atoms. The molecule has 1 atom stereocenters. The summed E-state index contributed by atoms with van der Waals surface area (Å²) in [5.41, 5.74) is 2.02. The van der Waals surface area contributed by atoms with Crippen LogP contribution in [0.2, 0.25) is 5.15 Å². The third-order valence-corrected chi connectivity index (χ3v) is 3.43. The van der Waals surface area contributed by atoms with E-state index < -0.39 is 0 Å². The molecule has 1 amide bonds. The van der Waals surface area contributed by atoms with Gasteiger partial charge in [0, 0.05) is 6.61 Å². The molecule has 2 N–H and O–H groups in total. The number of amides is 1. The third kappa shape index (κ3) is 4.03. The average Bonchev–Trinajstić information content (AvgIpc) is 2.47. The lowest BCUT2D eigenvalue weighted by Crippen LogP contribution is -2.30. The molecule has 1 aromatic heterocycles. The summed E-state index contributed by atoms with van der Waals surface area (Å²) in [6.45, 7) is 1.74. The van der Waals surface area contributed by atoms with Crippen LogP contribution in [0.1, 0.15) is 34.1 Å². The number of benzene rings is 1. The first-order chi connectivity index (χ1) is 10.1. The quantitative estimate of drug-likeness (QED) is 0.835. The fourth-order valence-corrected chi connectivity index (χ4v) is 2.33. The second-order valence-corrected chi connectivity index (χ2v) is 5.10. The summed E-state index contributed by atoms with van der Waals surface area (Å²) in [5, 5.41) is 12.5. The number of aryl methyl sites for hydroxylation is 1. The molecule has 4 nitrogen and oxygen atoms in total. The van der Waals surface area contributed by atoms with Gasteiger partial charge in [0.2, 0.25) is 0 Å². The van der Waals surface area contributed by atoms with E-state index in [2.05, 4.69) is 10.3 Å². The number of pyridine rings is 1. The van der Waals surface area contributed by atoms with Crippen LogP contribution in [-0.2, 0) is 0 Å². The van der Waals surface area contributed by atoms with E-state index in [0.29, 0.717) is 22.8 Å². The van der Waals surface area contributed by atoms with E-state index in [-0.39, 0.29) is 18.6 Å². The lowest BCUT2D eigenvalue weighted by molar-refractivity contribution is 0.0929. The first-order valence-corrected chi connectivity index (χ1v) is 7.09. The summed E-state index contributed by atoms with van der Waals surface area (Å²) < 4.78 is 0. The number of halogens is 1. The van der Waals surface area contributed by atoms with Crippen molar-refractivity contribution in [1.82, 2.24) is 10.3 Å². The van der Waals surface area contributed by atoms with Crippen molar-refractivity contribution >= 4 is 17.5 Å². The first kappa shape index (κ1) is 15.5. The predicted octanol–water partition coefficient (Wildman–Crippen LogP) is 2.90. The van der Waals surface area contributed by atoms with Crippen molar-refractivity contribution in [3.8, 4) is 0 Å². The topological polar surface area (TPSA) is 62.2 Å². The number of carbonyl (C=O) groups is 1. The second kappa shape index (κ2) is 7.20. The molecular formula is C16H17ClN2O2. The number of aliphatic hydroxyl groups excluding tert-OH is 1. The summed E-state index contributed by atoms with van der Waals surface area (Å²) >= 11 is 5.80. The molecular weight excluding hydrogens is 288 g/mol. The molecule has 0 aliphatic carbocycles. The van der Waals surface area contributed by atoms with Crippen LogP contribution in [0.25, 0.3) is 0 Å². The van der Waals surface area contributed by atoms with Gasteiger partial charge in [0.25, 0.3) is 5.91 Å². The van der Waals surface area contributed by atoms with Crippen molar-refractivity contribution < 1.29 is 9.90 Å². The maximum absolute atomic E-state index is 12.4. The fourth-order valence-electron chi connectivity index (χ4n) is 2.14. The minimum Gasteiger partial charge on any atom is -0.396 e. The number of hydrogen-bond acceptors (Lipinski definition) is 3. The van der Waals surface area contributed by atoms with Crippen molar-refractivity contribution in [2.75, 3.05) is 6.61 Å². The molecule has 1 heterocycles. The monoisotopic (exact) mass is 304 g/mol. The Balaban J connectivity index is 2.18. The van der Waals surface area contributed by atoms with Crippen LogP contribution in [0, 0.1) is 6.92 Å². The molecule has 1 unspecified atom stereocenters. The normalized spacial score (nSPS) is 12.0. The zero-order chi connectivity index (χ0) is 15.2. The van der Waals surface area contributed by atoms with E-state index >= 15 is 0 Å². The van der Waals surface area contributed by atoms with Crippen molar-refractivity contribution in [2.45, 2.75) is 19.4 Å². The number of rotatable bonds is 5. The number of nitrogens with zero attached hydrogens (tertiary/aromatic N) is 1. The molecule has 0 aliphatic rings. The van der Waals surface area contributed by atoms with Gasteiger partial charge in [-0.25, -0.2) is 4.98 Å². The first-order valence-electron chi connectivity index (χ1n) is 6.71. The van der Waals surface area contributed by atoms with E-state index in [1.807, 2.05) is 30.3 Å². The smallest absolute Gasteiger partial charge is 0.253 e. The Morgan fingerprint density at radius 2 is 2.00 bits per heavy atom. The van der Waals surface area contributed by atoms with Crippen LogP contribution >= 0.6 is 11.6 Å². The predicted molar refractivity (Wildman–Crippen MR) is 82.3 cm³/mol. The van der Waals surface area contributed by atoms with Gasteiger partial charge < -0.3 is 10.4 Å². The summed E-state index contributed by atoms with van der Waals surface area (Å²) in [4.78, 5) is 16.4. The van der Waals surface area contributed by atoms with Crippen LogP contribution in [0.5, 0.6) is 0 Å². The highest BCUT2D eigenvalue weighted by molar-refractivity contribution is 6.29. The molecule has 5 heteroatoms. The Kier molecular flexibility index (Phi) is 5.31. The average molecular weight is 305 g/mol. The van der Waals surface area contributed by atoms with Gasteiger partial charge in [0.15, 0.2) is 0 Å². The Hall–Kier alpha value is -1.91. The zero-order valence-electron chi connectivity index (χ0n) is 11.7. The Morgan fingerprint density at radius 1 is 1.29 bits per heavy atom. The van der Waals surface area contributed by atoms with Gasteiger partial charge in [-0.2, -0.15) is 0 Å². The van der Waals surface area contributed by atoms with Crippen LogP contribution in [0.4, 0.5) is 0 Å². The SMILES string of the molecule is Cc1nc(Cl)ccc1C(=O)NC(CCO)c1ccccc1. The minimum absolute atomic E-state index is 0.00229. The summed E-state index contributed by atoms with van der Waals surface area (Å²) in [7, 11) is 0. The van der Waals surface area contributed by atoms with Crippen molar-refractivity contribution in [3.63, 3.8) is 0 Å². The van der Waals surface area contributed by atoms with Gasteiger partial charge in [-0.3, -0.25) is 4.79 Å². The molecule has 0 bridgehead atoms. The van der Waals surface area contributed by atoms with Crippen molar-refractivity contribution in [3.05, 3.63) is 64.4 Å². The molecule has 0 aliphatic heterocycles. The summed E-state index contributed by atoms with van der Waals surface area (Å²) in [6.07, 6.45) is 0.454. The van der Waals surface area contributed by atoms with E-state index in [0.717, 1.165) is 5.56 Å². The molecule has 110 valence electrons. The van der Waals surface area contributed by atoms with E-state index in [9.17, 15) is 9.90 Å². The van der Waals surface area contributed by atoms with Gasteiger partial charge in [-0.05, 0) is 31.0 Å². The Labute approximate surface area is 128 Å². The minimum atomic E-state index is -0.237. The van der Waals surface area contributed by atoms with E-state index in [1.165, 1.54) is 0 Å². The van der Waals surface area contributed by atoms with Gasteiger partial charge in [0.05, 0.1) is 17.3 Å². The van der Waals surface area contributed by atoms with E-state index in [1.54, 1.807) is 19.1 Å². The lowest BCUT2D eigenvalue weighted by atomic mass is 10.0. The van der Waals surface area contributed by atoms with Crippen molar-refractivity contribution in [2.24, 2.45) is 0 Å². The standard InChI is InChI=1S/C16H17ClN2O2/c1-11-13(7-8-15(17)18-11)16(21)19-14(9-10-20)12-5-3-2-4-6-12/h2-8,14,20H,9-10H2,1H3,(H,19,21). The Morgan fingerprint density at radius 3 is 2.62 bits per heavy atom. The highest BCUT2D eigenvalue weighted by atomic mass is 35.5. The molecule has 2 aromatic rings. The van der Waals surface area contributed by atoms with Crippen LogP contribution in [0.3, 0.4) is 0 Å². The molecule has 0 saturated heterocycles. The molecule has 2 rings (SSSR count). The van der Waals surface area contributed by atoms with Gasteiger partial charge >= 0.3 is 0 Å². The number of hydrogen-bond donors (Lipinski definition) is 2. The Bertz CT molecular complexity index is 617. The maximum atomic E-state index is 12.4. The highest BCUT2D eigenvalue weighted by Gasteiger charge is 2.17. The number of aliphatic hydroxyl groups is 1. The molecule has 0 saturated carbocycles. The van der Waals surface area contributed by atoms with Crippen LogP contribution in [0.15, 0.2) is 42.5 Å². The largest absolute Gasteiger partial charge is 0.396 e. The molecule has 0 radical (unpaired) electrons. The van der Waals surface area contributed by atoms with Crippen molar-refractivity contribution in [1.29, 1.82) is 0 Å². The molecule has 1 aromatic carbocycles. The summed E-state index contributed by atoms with van der Waals surface area (Å²) in [6, 6.07) is 12.6. The molecule has 0 spiro atoms. The summed E-state index contributed by atoms with van der Waals surface area (Å²) in [5.74, 6) is -0.223. The van der Waals surface area contributed by atoms with Crippen LogP contribution < -0.4 is 5.32 Å². The zero-order valence-corrected chi connectivity index (χ0v) is 12.5. The third-order valence-electron chi connectivity index (χ3n) is 3.22. The number of nitrogens with one attached hydrogen (secondary N) is 1. The van der Waals surface area contributed by atoms with Gasteiger partial charge in [-0.15, -0.1) is 0 Å². The van der Waals surface area contributed by atoms with Gasteiger partial charge in [-0.1, -0.05) is 41.9 Å². The lowest BCUT2D eigenvalue weighted by Gasteiger charge is -2.18. The van der Waals surface area contributed by atoms with E-state index in [4.69, 9.17) is 11.6 Å². The maximum Gasteiger partial charge on any atom is 0.253 e. The fraction of sp³-hybridized carbons (Fsp3) is 0.250. The number of carbonyl (C=O) groups excluding carboxylic acids is 1. The van der Waals surface area contributed by atoms with Gasteiger partial charge in [0.1, 0.15) is 5.15 Å². The highest BCUT2D eigenvalue weighted by Crippen LogP contribution is 2.18. The van der Waals surface area contributed by atoms with Crippen LogP contribution in [-0.4, -0.2) is 22.6 Å².